The lowest BCUT2D eigenvalue weighted by atomic mass is 9.95. The first-order valence-corrected chi connectivity index (χ1v) is 11.0. The van der Waals surface area contributed by atoms with Crippen LogP contribution in [0.5, 0.6) is 0 Å². The summed E-state index contributed by atoms with van der Waals surface area (Å²) in [5.41, 5.74) is 4.56. The van der Waals surface area contributed by atoms with Crippen molar-refractivity contribution in [3.05, 3.63) is 107 Å². The molecular formula is C27H23N3O3. The van der Waals surface area contributed by atoms with Gasteiger partial charge < -0.3 is 4.74 Å². The fourth-order valence-electron chi connectivity index (χ4n) is 4.26. The Labute approximate surface area is 191 Å². The van der Waals surface area contributed by atoms with Crippen LogP contribution in [0, 0.1) is 0 Å². The van der Waals surface area contributed by atoms with Gasteiger partial charge in [-0.2, -0.15) is 0 Å². The second-order valence-electron chi connectivity index (χ2n) is 8.09. The Bertz CT molecular complexity index is 1310. The molecule has 6 heteroatoms. The summed E-state index contributed by atoms with van der Waals surface area (Å²) in [5, 5.41) is 0.744. The highest BCUT2D eigenvalue weighted by Crippen LogP contribution is 2.29. The molecule has 0 saturated carbocycles. The van der Waals surface area contributed by atoms with Gasteiger partial charge in [0, 0.05) is 48.9 Å². The van der Waals surface area contributed by atoms with E-state index in [0.717, 1.165) is 41.7 Å². The lowest BCUT2D eigenvalue weighted by molar-refractivity contribution is 0.0472. The molecule has 3 heterocycles. The molecule has 0 unspecified atom stereocenters. The minimum Gasteiger partial charge on any atom is -0.454 e. The maximum Gasteiger partial charge on any atom is 0.339 e. The smallest absolute Gasteiger partial charge is 0.339 e. The second-order valence-corrected chi connectivity index (χ2v) is 8.09. The number of ketones is 1. The molecule has 0 bridgehead atoms. The monoisotopic (exact) mass is 437 g/mol. The molecule has 164 valence electrons. The number of carbonyl (C=O) groups excluding carboxylic acids is 2. The van der Waals surface area contributed by atoms with Crippen LogP contribution in [0.2, 0.25) is 0 Å². The minimum absolute atomic E-state index is 0.279. The Hall–Kier alpha value is -3.90. The number of rotatable bonds is 6. The summed E-state index contributed by atoms with van der Waals surface area (Å²) in [6, 6.07) is 22.9. The highest BCUT2D eigenvalue weighted by atomic mass is 16.5. The topological polar surface area (TPSA) is 72.4 Å². The first kappa shape index (κ1) is 21.0. The molecule has 0 fully saturated rings. The molecule has 1 aliphatic rings. The molecule has 1 aliphatic heterocycles. The van der Waals surface area contributed by atoms with Crippen LogP contribution in [0.4, 0.5) is 0 Å². The molecule has 5 rings (SSSR count). The number of para-hydroxylation sites is 1. The van der Waals surface area contributed by atoms with Gasteiger partial charge in [0.2, 0.25) is 5.78 Å². The maximum atomic E-state index is 13.3. The SMILES string of the molecule is O=C(COC(=O)c1c2c(nc3ccccc13)CCN(Cc1ccccc1)C2)c1ccccn1. The fourth-order valence-corrected chi connectivity index (χ4v) is 4.26. The second kappa shape index (κ2) is 9.30. The lowest BCUT2D eigenvalue weighted by Crippen LogP contribution is -2.32. The number of esters is 1. The van der Waals surface area contributed by atoms with Crippen LogP contribution in [0.15, 0.2) is 79.0 Å². The maximum absolute atomic E-state index is 13.3. The molecule has 0 amide bonds. The third-order valence-electron chi connectivity index (χ3n) is 5.86. The highest BCUT2D eigenvalue weighted by Gasteiger charge is 2.27. The van der Waals surface area contributed by atoms with Crippen molar-refractivity contribution in [2.75, 3.05) is 13.2 Å². The van der Waals surface area contributed by atoms with Crippen LogP contribution in [-0.2, 0) is 24.2 Å². The number of carbonyl (C=O) groups is 2. The van der Waals surface area contributed by atoms with Crippen molar-refractivity contribution in [3.8, 4) is 0 Å². The zero-order chi connectivity index (χ0) is 22.6. The standard InChI is InChI=1S/C27H23N3O3/c31-25(24-12-6-7-14-28-24)18-33-27(32)26-20-10-4-5-11-22(20)29-23-13-15-30(17-21(23)26)16-19-8-2-1-3-9-19/h1-12,14H,13,15-18H2. The van der Waals surface area contributed by atoms with Crippen molar-refractivity contribution in [1.29, 1.82) is 0 Å². The summed E-state index contributed by atoms with van der Waals surface area (Å²) in [4.78, 5) is 36.9. The van der Waals surface area contributed by atoms with E-state index < -0.39 is 5.97 Å². The predicted octanol–water partition coefficient (Wildman–Crippen LogP) is 4.23. The van der Waals surface area contributed by atoms with E-state index in [1.165, 1.54) is 5.56 Å². The van der Waals surface area contributed by atoms with Crippen molar-refractivity contribution < 1.29 is 14.3 Å². The van der Waals surface area contributed by atoms with Crippen molar-refractivity contribution >= 4 is 22.7 Å². The molecule has 4 aromatic rings. The first-order chi connectivity index (χ1) is 16.2. The third kappa shape index (κ3) is 4.52. The van der Waals surface area contributed by atoms with Gasteiger partial charge in [-0.25, -0.2) is 4.79 Å². The molecule has 2 aromatic heterocycles. The van der Waals surface area contributed by atoms with Crippen molar-refractivity contribution in [2.45, 2.75) is 19.5 Å². The number of Topliss-reactive ketones (excluding diaryl/α,β-unsaturated/α-hetero) is 1. The van der Waals surface area contributed by atoms with E-state index >= 15 is 0 Å². The summed E-state index contributed by atoms with van der Waals surface area (Å²) in [5.74, 6) is -0.836. The Kier molecular flexibility index (Phi) is 5.91. The first-order valence-electron chi connectivity index (χ1n) is 11.0. The van der Waals surface area contributed by atoms with Crippen LogP contribution >= 0.6 is 0 Å². The average Bonchev–Trinajstić information content (AvgIpc) is 2.87. The average molecular weight is 437 g/mol. The molecule has 0 aliphatic carbocycles. The van der Waals surface area contributed by atoms with Crippen LogP contribution < -0.4 is 0 Å². The molecule has 0 spiro atoms. The van der Waals surface area contributed by atoms with Gasteiger partial charge in [-0.15, -0.1) is 0 Å². The van der Waals surface area contributed by atoms with Gasteiger partial charge in [0.05, 0.1) is 11.1 Å². The molecule has 0 saturated heterocycles. The van der Waals surface area contributed by atoms with Gasteiger partial charge >= 0.3 is 5.97 Å². The number of hydrogen-bond acceptors (Lipinski definition) is 6. The zero-order valence-corrected chi connectivity index (χ0v) is 18.1. The van der Waals surface area contributed by atoms with E-state index in [0.29, 0.717) is 12.1 Å². The molecule has 2 aromatic carbocycles. The van der Waals surface area contributed by atoms with Crippen LogP contribution in [0.25, 0.3) is 10.9 Å². The molecule has 0 radical (unpaired) electrons. The van der Waals surface area contributed by atoms with Crippen LogP contribution in [0.3, 0.4) is 0 Å². The van der Waals surface area contributed by atoms with E-state index in [4.69, 9.17) is 9.72 Å². The van der Waals surface area contributed by atoms with Gasteiger partial charge in [-0.05, 0) is 23.8 Å². The number of hydrogen-bond donors (Lipinski definition) is 0. The highest BCUT2D eigenvalue weighted by molar-refractivity contribution is 6.06. The largest absolute Gasteiger partial charge is 0.454 e. The van der Waals surface area contributed by atoms with Gasteiger partial charge in [0.15, 0.2) is 6.61 Å². The van der Waals surface area contributed by atoms with Crippen molar-refractivity contribution in [3.63, 3.8) is 0 Å². The van der Waals surface area contributed by atoms with Gasteiger partial charge in [-0.1, -0.05) is 54.6 Å². The van der Waals surface area contributed by atoms with Crippen LogP contribution in [-0.4, -0.2) is 39.8 Å². The van der Waals surface area contributed by atoms with Gasteiger partial charge in [-0.3, -0.25) is 19.7 Å². The summed E-state index contributed by atoms with van der Waals surface area (Å²) in [6.45, 7) is 1.90. The number of aromatic nitrogens is 2. The molecule has 33 heavy (non-hydrogen) atoms. The minimum atomic E-state index is -0.504. The summed E-state index contributed by atoms with van der Waals surface area (Å²) in [7, 11) is 0. The van der Waals surface area contributed by atoms with Crippen molar-refractivity contribution in [1.82, 2.24) is 14.9 Å². The fraction of sp³-hybridized carbons (Fsp3) is 0.185. The zero-order valence-electron chi connectivity index (χ0n) is 18.1. The molecule has 0 N–H and O–H groups in total. The number of benzene rings is 2. The number of fused-ring (bicyclic) bond motifs is 2. The Morgan fingerprint density at radius 3 is 2.55 bits per heavy atom. The van der Waals surface area contributed by atoms with E-state index in [2.05, 4.69) is 22.0 Å². The molecule has 6 nitrogen and oxygen atoms in total. The third-order valence-corrected chi connectivity index (χ3v) is 5.86. The Morgan fingerprint density at radius 2 is 1.73 bits per heavy atom. The summed E-state index contributed by atoms with van der Waals surface area (Å²) in [6.07, 6.45) is 2.29. The van der Waals surface area contributed by atoms with Crippen LogP contribution in [0.1, 0.15) is 37.7 Å². The van der Waals surface area contributed by atoms with E-state index in [1.54, 1.807) is 24.4 Å². The van der Waals surface area contributed by atoms with E-state index in [1.807, 2.05) is 42.5 Å². The molecular weight excluding hydrogens is 414 g/mol. The molecule has 0 atom stereocenters. The predicted molar refractivity (Wildman–Crippen MR) is 125 cm³/mol. The number of ether oxygens (including phenoxy) is 1. The normalized spacial score (nSPS) is 13.5. The lowest BCUT2D eigenvalue weighted by Gasteiger charge is -2.30. The van der Waals surface area contributed by atoms with Gasteiger partial charge in [0.25, 0.3) is 0 Å². The van der Waals surface area contributed by atoms with E-state index in [-0.39, 0.29) is 18.1 Å². The Morgan fingerprint density at radius 1 is 0.939 bits per heavy atom. The van der Waals surface area contributed by atoms with Crippen molar-refractivity contribution in [2.24, 2.45) is 0 Å². The number of pyridine rings is 2. The van der Waals surface area contributed by atoms with Gasteiger partial charge in [0.1, 0.15) is 5.69 Å². The number of nitrogens with zero attached hydrogens (tertiary/aromatic N) is 3. The van der Waals surface area contributed by atoms with E-state index in [9.17, 15) is 9.59 Å². The quantitative estimate of drug-likeness (QED) is 0.332. The summed E-state index contributed by atoms with van der Waals surface area (Å²) < 4.78 is 5.50. The summed E-state index contributed by atoms with van der Waals surface area (Å²) >= 11 is 0. The Balaban J connectivity index is 1.44.